The standard InChI is InChI=1S/C15H24F2N2/c1-2-3-4-5-6-7-14(19-18)11-12-10-13(16)8-9-15(12)17/h8-10,14,19H,2-7,11,18H2,1H3. The molecule has 0 bridgehead atoms. The lowest BCUT2D eigenvalue weighted by Gasteiger charge is -2.16. The molecule has 1 rings (SSSR count). The van der Waals surface area contributed by atoms with Gasteiger partial charge in [-0.2, -0.15) is 0 Å². The number of hydrazine groups is 1. The third kappa shape index (κ3) is 6.12. The minimum absolute atomic E-state index is 0.00192. The largest absolute Gasteiger partial charge is 0.271 e. The van der Waals surface area contributed by atoms with Gasteiger partial charge in [0.15, 0.2) is 0 Å². The molecule has 0 spiro atoms. The molecule has 1 aromatic rings. The summed E-state index contributed by atoms with van der Waals surface area (Å²) in [6.07, 6.45) is 7.22. The number of unbranched alkanes of at least 4 members (excludes halogenated alkanes) is 4. The third-order valence-electron chi connectivity index (χ3n) is 3.37. The van der Waals surface area contributed by atoms with Crippen LogP contribution in [0.4, 0.5) is 8.78 Å². The average molecular weight is 270 g/mol. The molecular formula is C15H24F2N2. The van der Waals surface area contributed by atoms with Crippen LogP contribution in [0.2, 0.25) is 0 Å². The highest BCUT2D eigenvalue weighted by atomic mass is 19.1. The number of nitrogens with two attached hydrogens (primary N) is 1. The predicted octanol–water partition coefficient (Wildman–Crippen LogP) is 3.70. The molecule has 2 nitrogen and oxygen atoms in total. The molecule has 0 aliphatic carbocycles. The van der Waals surface area contributed by atoms with E-state index in [1.54, 1.807) is 0 Å². The highest BCUT2D eigenvalue weighted by molar-refractivity contribution is 5.19. The minimum atomic E-state index is -0.407. The van der Waals surface area contributed by atoms with Crippen LogP contribution in [-0.2, 0) is 6.42 Å². The molecule has 0 saturated heterocycles. The quantitative estimate of drug-likeness (QED) is 0.408. The number of hydrogen-bond acceptors (Lipinski definition) is 2. The molecular weight excluding hydrogens is 246 g/mol. The number of nitrogens with one attached hydrogen (secondary N) is 1. The Kier molecular flexibility index (Phi) is 7.60. The highest BCUT2D eigenvalue weighted by Crippen LogP contribution is 2.15. The van der Waals surface area contributed by atoms with Gasteiger partial charge in [0, 0.05) is 6.04 Å². The van der Waals surface area contributed by atoms with Gasteiger partial charge in [-0.3, -0.25) is 11.3 Å². The van der Waals surface area contributed by atoms with E-state index >= 15 is 0 Å². The molecule has 0 heterocycles. The maximum Gasteiger partial charge on any atom is 0.126 e. The third-order valence-corrected chi connectivity index (χ3v) is 3.37. The Hall–Kier alpha value is -1.00. The molecule has 108 valence electrons. The van der Waals surface area contributed by atoms with Crippen molar-refractivity contribution in [1.29, 1.82) is 0 Å². The lowest BCUT2D eigenvalue weighted by atomic mass is 10.00. The normalized spacial score (nSPS) is 12.6. The van der Waals surface area contributed by atoms with Gasteiger partial charge in [-0.25, -0.2) is 8.78 Å². The number of hydrogen-bond donors (Lipinski definition) is 2. The van der Waals surface area contributed by atoms with E-state index in [9.17, 15) is 8.78 Å². The first-order chi connectivity index (χ1) is 9.17. The topological polar surface area (TPSA) is 38.0 Å². The molecule has 3 N–H and O–H groups in total. The Labute approximate surface area is 114 Å². The van der Waals surface area contributed by atoms with Crippen molar-refractivity contribution in [2.75, 3.05) is 0 Å². The zero-order valence-corrected chi connectivity index (χ0v) is 11.6. The average Bonchev–Trinajstić information content (AvgIpc) is 2.41. The summed E-state index contributed by atoms with van der Waals surface area (Å²) >= 11 is 0. The number of benzene rings is 1. The van der Waals surface area contributed by atoms with Gasteiger partial charge in [0.25, 0.3) is 0 Å². The van der Waals surface area contributed by atoms with E-state index in [1.165, 1.54) is 31.4 Å². The Morgan fingerprint density at radius 2 is 1.89 bits per heavy atom. The van der Waals surface area contributed by atoms with Gasteiger partial charge in [-0.1, -0.05) is 39.0 Å². The first-order valence-corrected chi connectivity index (χ1v) is 7.07. The van der Waals surface area contributed by atoms with E-state index in [-0.39, 0.29) is 11.9 Å². The van der Waals surface area contributed by atoms with Crippen LogP contribution in [0, 0.1) is 11.6 Å². The molecule has 1 atom stereocenters. The molecule has 19 heavy (non-hydrogen) atoms. The summed E-state index contributed by atoms with van der Waals surface area (Å²) < 4.78 is 26.6. The van der Waals surface area contributed by atoms with Gasteiger partial charge < -0.3 is 0 Å². The van der Waals surface area contributed by atoms with Crippen molar-refractivity contribution in [3.63, 3.8) is 0 Å². The monoisotopic (exact) mass is 270 g/mol. The first kappa shape index (κ1) is 16.1. The summed E-state index contributed by atoms with van der Waals surface area (Å²) in [5, 5.41) is 0. The summed E-state index contributed by atoms with van der Waals surface area (Å²) in [4.78, 5) is 0. The first-order valence-electron chi connectivity index (χ1n) is 7.07. The van der Waals surface area contributed by atoms with Gasteiger partial charge in [-0.05, 0) is 36.6 Å². The molecule has 1 aromatic carbocycles. The van der Waals surface area contributed by atoms with Crippen molar-refractivity contribution >= 4 is 0 Å². The van der Waals surface area contributed by atoms with E-state index < -0.39 is 5.82 Å². The molecule has 0 saturated carbocycles. The van der Waals surface area contributed by atoms with Crippen LogP contribution in [0.3, 0.4) is 0 Å². The molecule has 0 aromatic heterocycles. The van der Waals surface area contributed by atoms with Gasteiger partial charge in [-0.15, -0.1) is 0 Å². The zero-order valence-electron chi connectivity index (χ0n) is 11.6. The summed E-state index contributed by atoms with van der Waals surface area (Å²) in [5.74, 6) is 4.71. The van der Waals surface area contributed by atoms with Crippen molar-refractivity contribution in [2.24, 2.45) is 5.84 Å². The lowest BCUT2D eigenvalue weighted by molar-refractivity contribution is 0.452. The molecule has 0 radical (unpaired) electrons. The summed E-state index contributed by atoms with van der Waals surface area (Å²) in [5.41, 5.74) is 3.08. The summed E-state index contributed by atoms with van der Waals surface area (Å²) in [6, 6.07) is 3.54. The molecule has 0 aliphatic rings. The number of rotatable bonds is 9. The fourth-order valence-electron chi connectivity index (χ4n) is 2.20. The van der Waals surface area contributed by atoms with Crippen LogP contribution >= 0.6 is 0 Å². The maximum atomic E-state index is 13.5. The smallest absolute Gasteiger partial charge is 0.126 e. The van der Waals surface area contributed by atoms with Crippen LogP contribution in [0.1, 0.15) is 51.0 Å². The van der Waals surface area contributed by atoms with Crippen LogP contribution in [-0.4, -0.2) is 6.04 Å². The SMILES string of the molecule is CCCCCCCC(Cc1cc(F)ccc1F)NN. The van der Waals surface area contributed by atoms with Gasteiger partial charge in [0.05, 0.1) is 0 Å². The second-order valence-electron chi connectivity index (χ2n) is 5.01. The van der Waals surface area contributed by atoms with E-state index in [4.69, 9.17) is 5.84 Å². The van der Waals surface area contributed by atoms with Crippen LogP contribution in [0.5, 0.6) is 0 Å². The van der Waals surface area contributed by atoms with Crippen LogP contribution < -0.4 is 11.3 Å². The van der Waals surface area contributed by atoms with E-state index in [0.29, 0.717) is 12.0 Å². The fraction of sp³-hybridized carbons (Fsp3) is 0.600. The van der Waals surface area contributed by atoms with Crippen molar-refractivity contribution in [3.05, 3.63) is 35.4 Å². The van der Waals surface area contributed by atoms with Crippen LogP contribution in [0.25, 0.3) is 0 Å². The summed E-state index contributed by atoms with van der Waals surface area (Å²) in [7, 11) is 0. The second kappa shape index (κ2) is 8.99. The van der Waals surface area contributed by atoms with Crippen molar-refractivity contribution < 1.29 is 8.78 Å². The summed E-state index contributed by atoms with van der Waals surface area (Å²) in [6.45, 7) is 2.18. The molecule has 0 aliphatic heterocycles. The highest BCUT2D eigenvalue weighted by Gasteiger charge is 2.11. The van der Waals surface area contributed by atoms with Crippen molar-refractivity contribution in [3.8, 4) is 0 Å². The minimum Gasteiger partial charge on any atom is -0.271 e. The van der Waals surface area contributed by atoms with Crippen LogP contribution in [0.15, 0.2) is 18.2 Å². The number of halogens is 2. The van der Waals surface area contributed by atoms with Gasteiger partial charge in [0.2, 0.25) is 0 Å². The Balaban J connectivity index is 2.41. The van der Waals surface area contributed by atoms with E-state index in [1.807, 2.05) is 0 Å². The predicted molar refractivity (Wildman–Crippen MR) is 74.5 cm³/mol. The fourth-order valence-corrected chi connectivity index (χ4v) is 2.20. The van der Waals surface area contributed by atoms with E-state index in [2.05, 4.69) is 12.3 Å². The Morgan fingerprint density at radius 1 is 1.16 bits per heavy atom. The maximum absolute atomic E-state index is 13.5. The van der Waals surface area contributed by atoms with Crippen molar-refractivity contribution in [1.82, 2.24) is 5.43 Å². The van der Waals surface area contributed by atoms with Gasteiger partial charge >= 0.3 is 0 Å². The van der Waals surface area contributed by atoms with Crippen molar-refractivity contribution in [2.45, 2.75) is 57.9 Å². The molecule has 4 heteroatoms. The molecule has 0 amide bonds. The Bertz CT molecular complexity index is 369. The zero-order chi connectivity index (χ0) is 14.1. The lowest BCUT2D eigenvalue weighted by Crippen LogP contribution is -2.37. The van der Waals surface area contributed by atoms with Gasteiger partial charge in [0.1, 0.15) is 11.6 Å². The molecule has 0 fully saturated rings. The second-order valence-corrected chi connectivity index (χ2v) is 5.01. The molecule has 1 unspecified atom stereocenters. The Morgan fingerprint density at radius 3 is 2.58 bits per heavy atom. The van der Waals surface area contributed by atoms with E-state index in [0.717, 1.165) is 25.3 Å².